The molecule has 0 amide bonds. The standard InChI is InChI=1S/C10H13NO/c1-7(12)8-6-10(2,3)5-4-9(8)11/h4-6,11H,1-3H3. The fourth-order valence-corrected chi connectivity index (χ4v) is 1.18. The van der Waals surface area contributed by atoms with Gasteiger partial charge in [0, 0.05) is 11.0 Å². The minimum atomic E-state index is -0.0917. The number of carbonyl (C=O) groups excluding carboxylic acids is 1. The zero-order chi connectivity index (χ0) is 9.35. The molecule has 0 spiro atoms. The minimum absolute atomic E-state index is 0.0302. The second kappa shape index (κ2) is 2.70. The maximum absolute atomic E-state index is 11.1. The van der Waals surface area contributed by atoms with E-state index < -0.39 is 0 Å². The number of carbonyl (C=O) groups is 1. The van der Waals surface area contributed by atoms with Crippen LogP contribution in [-0.4, -0.2) is 11.5 Å². The van der Waals surface area contributed by atoms with Gasteiger partial charge in [-0.25, -0.2) is 0 Å². The molecule has 0 radical (unpaired) electrons. The second-order valence-corrected chi connectivity index (χ2v) is 3.68. The number of hydrogen-bond acceptors (Lipinski definition) is 2. The zero-order valence-corrected chi connectivity index (χ0v) is 7.64. The van der Waals surface area contributed by atoms with Crippen LogP contribution in [0.1, 0.15) is 20.8 Å². The molecule has 1 rings (SSSR count). The predicted octanol–water partition coefficient (Wildman–Crippen LogP) is 2.12. The van der Waals surface area contributed by atoms with Gasteiger partial charge in [0.05, 0.1) is 5.71 Å². The summed E-state index contributed by atoms with van der Waals surface area (Å²) >= 11 is 0. The molecule has 2 heteroatoms. The molecule has 1 aliphatic rings. The van der Waals surface area contributed by atoms with Gasteiger partial charge in [-0.3, -0.25) is 4.79 Å². The second-order valence-electron chi connectivity index (χ2n) is 3.68. The quantitative estimate of drug-likeness (QED) is 0.632. The molecule has 0 aliphatic heterocycles. The van der Waals surface area contributed by atoms with Gasteiger partial charge in [-0.2, -0.15) is 0 Å². The molecule has 0 atom stereocenters. The van der Waals surface area contributed by atoms with Crippen molar-refractivity contribution in [2.75, 3.05) is 0 Å². The lowest BCUT2D eigenvalue weighted by molar-refractivity contribution is -0.113. The Bertz CT molecular complexity index is 295. The third kappa shape index (κ3) is 1.70. The smallest absolute Gasteiger partial charge is 0.161 e. The van der Waals surface area contributed by atoms with Gasteiger partial charge in [-0.15, -0.1) is 0 Å². The summed E-state index contributed by atoms with van der Waals surface area (Å²) < 4.78 is 0. The topological polar surface area (TPSA) is 40.9 Å². The van der Waals surface area contributed by atoms with Gasteiger partial charge in [0.25, 0.3) is 0 Å². The Kier molecular flexibility index (Phi) is 2.01. The first-order valence-electron chi connectivity index (χ1n) is 3.94. The number of Topliss-reactive ketones (excluding diaryl/α,β-unsaturated/α-hetero) is 1. The van der Waals surface area contributed by atoms with E-state index in [1.807, 2.05) is 26.0 Å². The van der Waals surface area contributed by atoms with Crippen molar-refractivity contribution in [3.05, 3.63) is 23.8 Å². The molecule has 0 saturated carbocycles. The number of nitrogens with one attached hydrogen (secondary N) is 1. The Balaban J connectivity index is 3.07. The van der Waals surface area contributed by atoms with Crippen LogP contribution >= 0.6 is 0 Å². The summed E-state index contributed by atoms with van der Waals surface area (Å²) in [5.41, 5.74) is 0.760. The average Bonchev–Trinajstić information content (AvgIpc) is 1.94. The molecule has 12 heavy (non-hydrogen) atoms. The normalized spacial score (nSPS) is 20.6. The molecule has 0 fully saturated rings. The van der Waals surface area contributed by atoms with Crippen LogP contribution in [-0.2, 0) is 4.79 Å². The van der Waals surface area contributed by atoms with Gasteiger partial charge in [-0.05, 0) is 13.0 Å². The third-order valence-corrected chi connectivity index (χ3v) is 1.87. The summed E-state index contributed by atoms with van der Waals surface area (Å²) in [7, 11) is 0. The van der Waals surface area contributed by atoms with Gasteiger partial charge in [0.2, 0.25) is 0 Å². The van der Waals surface area contributed by atoms with Crippen LogP contribution in [0.15, 0.2) is 23.8 Å². The third-order valence-electron chi connectivity index (χ3n) is 1.87. The number of rotatable bonds is 1. The van der Waals surface area contributed by atoms with Crippen molar-refractivity contribution in [3.63, 3.8) is 0 Å². The zero-order valence-electron chi connectivity index (χ0n) is 7.64. The van der Waals surface area contributed by atoms with Crippen molar-refractivity contribution in [1.29, 1.82) is 5.41 Å². The lowest BCUT2D eigenvalue weighted by atomic mass is 9.83. The Hall–Kier alpha value is -1.18. The van der Waals surface area contributed by atoms with E-state index in [9.17, 15) is 4.79 Å². The van der Waals surface area contributed by atoms with Crippen LogP contribution in [0.2, 0.25) is 0 Å². The predicted molar refractivity (Wildman–Crippen MR) is 49.4 cm³/mol. The summed E-state index contributed by atoms with van der Waals surface area (Å²) in [6.07, 6.45) is 5.47. The maximum atomic E-state index is 11.1. The van der Waals surface area contributed by atoms with Crippen LogP contribution in [0.3, 0.4) is 0 Å². The van der Waals surface area contributed by atoms with Gasteiger partial charge in [0.15, 0.2) is 5.78 Å². The van der Waals surface area contributed by atoms with Crippen LogP contribution < -0.4 is 0 Å². The Morgan fingerprint density at radius 2 is 2.08 bits per heavy atom. The number of hydrogen-bond donors (Lipinski definition) is 1. The number of allylic oxidation sites excluding steroid dienone is 4. The summed E-state index contributed by atoms with van der Waals surface area (Å²) in [6, 6.07) is 0. The molecule has 2 nitrogen and oxygen atoms in total. The SMILES string of the molecule is CC(=O)C1=CC(C)(C)C=CC1=N. The van der Waals surface area contributed by atoms with Gasteiger partial charge in [-0.1, -0.05) is 26.0 Å². The van der Waals surface area contributed by atoms with E-state index >= 15 is 0 Å². The highest BCUT2D eigenvalue weighted by molar-refractivity contribution is 6.25. The highest BCUT2D eigenvalue weighted by Crippen LogP contribution is 2.25. The average molecular weight is 163 g/mol. The molecule has 0 aromatic heterocycles. The van der Waals surface area contributed by atoms with Gasteiger partial charge < -0.3 is 5.41 Å². The van der Waals surface area contributed by atoms with Gasteiger partial charge >= 0.3 is 0 Å². The fraction of sp³-hybridized carbons (Fsp3) is 0.400. The van der Waals surface area contributed by atoms with E-state index in [4.69, 9.17) is 5.41 Å². The van der Waals surface area contributed by atoms with E-state index in [0.717, 1.165) is 0 Å². The van der Waals surface area contributed by atoms with E-state index in [0.29, 0.717) is 11.3 Å². The number of ketones is 1. The first kappa shape index (κ1) is 8.91. The van der Waals surface area contributed by atoms with Gasteiger partial charge in [0.1, 0.15) is 0 Å². The molecule has 0 bridgehead atoms. The maximum Gasteiger partial charge on any atom is 0.161 e. The molecule has 64 valence electrons. The van der Waals surface area contributed by atoms with Crippen molar-refractivity contribution < 1.29 is 4.79 Å². The highest BCUT2D eigenvalue weighted by atomic mass is 16.1. The molecule has 0 unspecified atom stereocenters. The van der Waals surface area contributed by atoms with Crippen molar-refractivity contribution in [3.8, 4) is 0 Å². The lowest BCUT2D eigenvalue weighted by Crippen LogP contribution is -2.17. The van der Waals surface area contributed by atoms with Crippen molar-refractivity contribution in [2.24, 2.45) is 5.41 Å². The van der Waals surface area contributed by atoms with Crippen molar-refractivity contribution in [1.82, 2.24) is 0 Å². The molecule has 0 aromatic rings. The van der Waals surface area contributed by atoms with E-state index in [-0.39, 0.29) is 11.2 Å². The Morgan fingerprint density at radius 1 is 1.50 bits per heavy atom. The molecule has 0 heterocycles. The van der Waals surface area contributed by atoms with Crippen LogP contribution in [0.5, 0.6) is 0 Å². The molecule has 1 aliphatic carbocycles. The molecule has 0 saturated heterocycles. The lowest BCUT2D eigenvalue weighted by Gasteiger charge is -2.21. The van der Waals surface area contributed by atoms with E-state index in [2.05, 4.69) is 0 Å². The molecular weight excluding hydrogens is 150 g/mol. The van der Waals surface area contributed by atoms with Crippen LogP contribution in [0.25, 0.3) is 0 Å². The first-order chi connectivity index (χ1) is 5.42. The van der Waals surface area contributed by atoms with Crippen LogP contribution in [0, 0.1) is 10.8 Å². The Labute approximate surface area is 72.5 Å². The highest BCUT2D eigenvalue weighted by Gasteiger charge is 2.20. The largest absolute Gasteiger partial charge is 0.300 e. The summed E-state index contributed by atoms with van der Waals surface area (Å²) in [6.45, 7) is 5.52. The van der Waals surface area contributed by atoms with E-state index in [1.165, 1.54) is 6.92 Å². The first-order valence-corrected chi connectivity index (χ1v) is 3.94. The monoisotopic (exact) mass is 163 g/mol. The van der Waals surface area contributed by atoms with E-state index in [1.54, 1.807) is 6.08 Å². The van der Waals surface area contributed by atoms with Crippen molar-refractivity contribution in [2.45, 2.75) is 20.8 Å². The molecular formula is C10H13NO. The van der Waals surface area contributed by atoms with Crippen molar-refractivity contribution >= 4 is 11.5 Å². The summed E-state index contributed by atoms with van der Waals surface area (Å²) in [5, 5.41) is 7.48. The molecule has 0 aromatic carbocycles. The summed E-state index contributed by atoms with van der Waals surface area (Å²) in [4.78, 5) is 11.1. The molecule has 1 N–H and O–H groups in total. The minimum Gasteiger partial charge on any atom is -0.300 e. The summed E-state index contributed by atoms with van der Waals surface area (Å²) in [5.74, 6) is -0.0302. The Morgan fingerprint density at radius 3 is 2.50 bits per heavy atom. The van der Waals surface area contributed by atoms with Crippen LogP contribution in [0.4, 0.5) is 0 Å². The fourth-order valence-electron chi connectivity index (χ4n) is 1.18.